The summed E-state index contributed by atoms with van der Waals surface area (Å²) in [4.78, 5) is 16.0. The summed E-state index contributed by atoms with van der Waals surface area (Å²) < 4.78 is 15.2. The molecule has 29 heavy (non-hydrogen) atoms. The zero-order valence-electron chi connectivity index (χ0n) is 16.3. The van der Waals surface area contributed by atoms with Gasteiger partial charge < -0.3 is 10.3 Å². The lowest BCUT2D eigenvalue weighted by atomic mass is 10.0. The second-order valence-corrected chi connectivity index (χ2v) is 7.02. The Morgan fingerprint density at radius 2 is 1.93 bits per heavy atom. The van der Waals surface area contributed by atoms with E-state index in [1.807, 2.05) is 30.3 Å². The molecule has 5 nitrogen and oxygen atoms in total. The molecule has 0 saturated heterocycles. The number of anilines is 1. The predicted octanol–water partition coefficient (Wildman–Crippen LogP) is 5.15. The van der Waals surface area contributed by atoms with Crippen LogP contribution in [0.3, 0.4) is 0 Å². The van der Waals surface area contributed by atoms with Gasteiger partial charge in [0.25, 0.3) is 0 Å². The number of para-hydroxylation sites is 1. The first-order valence-electron chi connectivity index (χ1n) is 9.83. The van der Waals surface area contributed by atoms with Crippen LogP contribution >= 0.6 is 0 Å². The Morgan fingerprint density at radius 3 is 2.72 bits per heavy atom. The predicted molar refractivity (Wildman–Crippen MR) is 113 cm³/mol. The van der Waals surface area contributed by atoms with Crippen LogP contribution < -0.4 is 5.32 Å². The van der Waals surface area contributed by atoms with Gasteiger partial charge in [0.15, 0.2) is 0 Å². The number of carbonyl (C=O) groups is 1. The van der Waals surface area contributed by atoms with Crippen LogP contribution in [0.2, 0.25) is 0 Å². The first kappa shape index (κ1) is 18.9. The Hall–Kier alpha value is -3.41. The van der Waals surface area contributed by atoms with Crippen molar-refractivity contribution in [3.8, 4) is 11.3 Å². The van der Waals surface area contributed by atoms with E-state index in [0.717, 1.165) is 46.5 Å². The number of nitrogens with zero attached hydrogens (tertiary/aromatic N) is 2. The molecule has 2 aromatic carbocycles. The van der Waals surface area contributed by atoms with Crippen LogP contribution in [-0.4, -0.2) is 20.7 Å². The molecule has 2 N–H and O–H groups in total. The van der Waals surface area contributed by atoms with Crippen molar-refractivity contribution in [2.45, 2.75) is 32.7 Å². The van der Waals surface area contributed by atoms with E-state index in [1.54, 1.807) is 23.0 Å². The fourth-order valence-corrected chi connectivity index (χ4v) is 3.60. The van der Waals surface area contributed by atoms with E-state index in [-0.39, 0.29) is 11.7 Å². The van der Waals surface area contributed by atoms with Crippen LogP contribution in [0.4, 0.5) is 10.2 Å². The lowest BCUT2D eigenvalue weighted by Crippen LogP contribution is -2.16. The van der Waals surface area contributed by atoms with Gasteiger partial charge in [0.05, 0.1) is 6.20 Å². The molecule has 2 heterocycles. The third kappa shape index (κ3) is 4.06. The van der Waals surface area contributed by atoms with Crippen molar-refractivity contribution in [1.82, 2.24) is 14.8 Å². The maximum Gasteiger partial charge on any atom is 0.225 e. The molecule has 148 valence electrons. The number of hydrogen-bond acceptors (Lipinski definition) is 2. The van der Waals surface area contributed by atoms with E-state index in [1.165, 1.54) is 12.1 Å². The summed E-state index contributed by atoms with van der Waals surface area (Å²) in [6, 6.07) is 16.2. The molecular formula is C23H23FN4O. The van der Waals surface area contributed by atoms with Gasteiger partial charge >= 0.3 is 0 Å². The first-order chi connectivity index (χ1) is 14.2. The van der Waals surface area contributed by atoms with Crippen molar-refractivity contribution in [3.63, 3.8) is 0 Å². The standard InChI is InChI=1S/C23H23FN4O/c1-2-15-28-21(13-14-25-28)27-22(29)12-11-19-18-5-3-4-6-20(18)26-23(19)16-7-9-17(24)10-8-16/h3-10,13-14,26H,2,11-12,15H2,1H3,(H,27,29). The SMILES string of the molecule is CCCn1nccc1NC(=O)CCc1c(-c2ccc(F)cc2)[nH]c2ccccc12. The average Bonchev–Trinajstić information content (AvgIpc) is 3.31. The van der Waals surface area contributed by atoms with Crippen LogP contribution in [0, 0.1) is 5.82 Å². The Kier molecular flexibility index (Phi) is 5.42. The molecule has 0 unspecified atom stereocenters. The molecule has 0 bridgehead atoms. The van der Waals surface area contributed by atoms with Gasteiger partial charge in [0.2, 0.25) is 5.91 Å². The second-order valence-electron chi connectivity index (χ2n) is 7.02. The summed E-state index contributed by atoms with van der Waals surface area (Å²) in [5.41, 5.74) is 3.89. The average molecular weight is 390 g/mol. The highest BCUT2D eigenvalue weighted by Gasteiger charge is 2.15. The van der Waals surface area contributed by atoms with Crippen LogP contribution in [0.5, 0.6) is 0 Å². The van der Waals surface area contributed by atoms with E-state index in [9.17, 15) is 9.18 Å². The Balaban J connectivity index is 1.57. The lowest BCUT2D eigenvalue weighted by molar-refractivity contribution is -0.116. The number of aryl methyl sites for hydroxylation is 2. The molecule has 2 aromatic heterocycles. The van der Waals surface area contributed by atoms with E-state index >= 15 is 0 Å². The third-order valence-corrected chi connectivity index (χ3v) is 4.97. The molecule has 0 atom stereocenters. The van der Waals surface area contributed by atoms with Crippen LogP contribution in [0.1, 0.15) is 25.3 Å². The van der Waals surface area contributed by atoms with Gasteiger partial charge in [-0.3, -0.25) is 4.79 Å². The van der Waals surface area contributed by atoms with Crippen molar-refractivity contribution in [1.29, 1.82) is 0 Å². The summed E-state index contributed by atoms with van der Waals surface area (Å²) in [5.74, 6) is 0.391. The van der Waals surface area contributed by atoms with Crippen molar-refractivity contribution in [2.75, 3.05) is 5.32 Å². The number of carbonyl (C=O) groups excluding carboxylic acids is 1. The summed E-state index contributed by atoms with van der Waals surface area (Å²) in [5, 5.41) is 8.27. The number of amides is 1. The molecule has 0 spiro atoms. The van der Waals surface area contributed by atoms with E-state index in [0.29, 0.717) is 12.8 Å². The van der Waals surface area contributed by atoms with Crippen LogP contribution in [0.15, 0.2) is 60.8 Å². The number of rotatable bonds is 7. The van der Waals surface area contributed by atoms with Crippen molar-refractivity contribution in [3.05, 3.63) is 72.2 Å². The fourth-order valence-electron chi connectivity index (χ4n) is 3.60. The number of halogens is 1. The Labute approximate surface area is 168 Å². The molecule has 1 amide bonds. The minimum absolute atomic E-state index is 0.0572. The molecule has 0 aliphatic rings. The number of fused-ring (bicyclic) bond motifs is 1. The normalized spacial score (nSPS) is 11.1. The zero-order valence-corrected chi connectivity index (χ0v) is 16.3. The fraction of sp³-hybridized carbons (Fsp3) is 0.217. The molecule has 6 heteroatoms. The summed E-state index contributed by atoms with van der Waals surface area (Å²) >= 11 is 0. The Morgan fingerprint density at radius 1 is 1.14 bits per heavy atom. The largest absolute Gasteiger partial charge is 0.354 e. The van der Waals surface area contributed by atoms with E-state index in [2.05, 4.69) is 22.3 Å². The van der Waals surface area contributed by atoms with Crippen LogP contribution in [-0.2, 0) is 17.8 Å². The minimum atomic E-state index is -0.269. The van der Waals surface area contributed by atoms with Crippen molar-refractivity contribution >= 4 is 22.6 Å². The number of hydrogen-bond donors (Lipinski definition) is 2. The lowest BCUT2D eigenvalue weighted by Gasteiger charge is -2.09. The van der Waals surface area contributed by atoms with E-state index in [4.69, 9.17) is 0 Å². The van der Waals surface area contributed by atoms with Gasteiger partial charge in [-0.05, 0) is 54.3 Å². The zero-order chi connectivity index (χ0) is 20.2. The molecule has 0 fully saturated rings. The van der Waals surface area contributed by atoms with Gasteiger partial charge in [-0.2, -0.15) is 5.10 Å². The van der Waals surface area contributed by atoms with Crippen molar-refractivity contribution in [2.24, 2.45) is 0 Å². The Bertz CT molecular complexity index is 1130. The minimum Gasteiger partial charge on any atom is -0.354 e. The number of benzene rings is 2. The van der Waals surface area contributed by atoms with Gasteiger partial charge in [0.1, 0.15) is 11.6 Å². The van der Waals surface area contributed by atoms with Gasteiger partial charge in [0, 0.05) is 35.6 Å². The molecule has 4 aromatic rings. The monoisotopic (exact) mass is 390 g/mol. The molecular weight excluding hydrogens is 367 g/mol. The number of H-pyrrole nitrogens is 1. The quantitative estimate of drug-likeness (QED) is 0.458. The van der Waals surface area contributed by atoms with Crippen molar-refractivity contribution < 1.29 is 9.18 Å². The first-order valence-corrected chi connectivity index (χ1v) is 9.83. The van der Waals surface area contributed by atoms with Gasteiger partial charge in [-0.1, -0.05) is 25.1 Å². The van der Waals surface area contributed by atoms with Crippen LogP contribution in [0.25, 0.3) is 22.2 Å². The second kappa shape index (κ2) is 8.31. The smallest absolute Gasteiger partial charge is 0.225 e. The molecule has 0 saturated carbocycles. The summed E-state index contributed by atoms with van der Waals surface area (Å²) in [6.07, 6.45) is 3.55. The summed E-state index contributed by atoms with van der Waals surface area (Å²) in [6.45, 7) is 2.83. The maximum absolute atomic E-state index is 13.4. The number of nitrogens with one attached hydrogen (secondary N) is 2. The maximum atomic E-state index is 13.4. The van der Waals surface area contributed by atoms with E-state index < -0.39 is 0 Å². The topological polar surface area (TPSA) is 62.7 Å². The summed E-state index contributed by atoms with van der Waals surface area (Å²) in [7, 11) is 0. The van der Waals surface area contributed by atoms with Gasteiger partial charge in [-0.25, -0.2) is 9.07 Å². The number of aromatic amines is 1. The molecule has 4 rings (SSSR count). The highest BCUT2D eigenvalue weighted by molar-refractivity contribution is 5.93. The highest BCUT2D eigenvalue weighted by atomic mass is 19.1. The molecule has 0 radical (unpaired) electrons. The highest BCUT2D eigenvalue weighted by Crippen LogP contribution is 2.31. The molecule has 0 aliphatic carbocycles. The third-order valence-electron chi connectivity index (χ3n) is 4.97. The van der Waals surface area contributed by atoms with Gasteiger partial charge in [-0.15, -0.1) is 0 Å². The number of aromatic nitrogens is 3. The molecule has 0 aliphatic heterocycles.